The van der Waals surface area contributed by atoms with Gasteiger partial charge in [0.15, 0.2) is 0 Å². The Kier molecular flexibility index (Phi) is 5.81. The Labute approximate surface area is 155 Å². The lowest BCUT2D eigenvalue weighted by Gasteiger charge is -2.37. The Bertz CT molecular complexity index is 666. The minimum atomic E-state index is -0.434. The molecule has 6 heteroatoms. The lowest BCUT2D eigenvalue weighted by molar-refractivity contribution is -0.138. The Balaban J connectivity index is 1.53. The van der Waals surface area contributed by atoms with Crippen LogP contribution in [0.4, 0.5) is 0 Å². The van der Waals surface area contributed by atoms with Crippen molar-refractivity contribution < 1.29 is 14.3 Å². The number of piperazine rings is 1. The van der Waals surface area contributed by atoms with E-state index in [0.717, 1.165) is 38.4 Å². The summed E-state index contributed by atoms with van der Waals surface area (Å²) in [4.78, 5) is 28.4. The summed E-state index contributed by atoms with van der Waals surface area (Å²) >= 11 is 0. The van der Waals surface area contributed by atoms with Gasteiger partial charge in [0.05, 0.1) is 6.61 Å². The zero-order valence-corrected chi connectivity index (χ0v) is 16.0. The molecule has 0 aliphatic carbocycles. The van der Waals surface area contributed by atoms with Gasteiger partial charge in [0.2, 0.25) is 11.8 Å². The second-order valence-electron chi connectivity index (χ2n) is 7.56. The Morgan fingerprint density at radius 3 is 2.58 bits per heavy atom. The maximum Gasteiger partial charge on any atom is 0.245 e. The number of ether oxygens (including phenoxy) is 1. The van der Waals surface area contributed by atoms with E-state index in [4.69, 9.17) is 4.74 Å². The van der Waals surface area contributed by atoms with Crippen molar-refractivity contribution in [3.8, 4) is 5.75 Å². The highest BCUT2D eigenvalue weighted by Gasteiger charge is 2.30. The standard InChI is InChI=1S/C20H29N3O3/c1-14(2)19(21-15(3)24)20(25)23-9-7-22(8-10-23)13-16-4-5-18-17(12-16)6-11-26-18/h4-5,12,14,19H,6-11,13H2,1-3H3,(H,21,24)/t19-/m0/s1. The number of fused-ring (bicyclic) bond motifs is 1. The van der Waals surface area contributed by atoms with Crippen molar-refractivity contribution >= 4 is 11.8 Å². The highest BCUT2D eigenvalue weighted by molar-refractivity contribution is 5.87. The molecular formula is C20H29N3O3. The van der Waals surface area contributed by atoms with E-state index < -0.39 is 6.04 Å². The van der Waals surface area contributed by atoms with Gasteiger partial charge in [-0.25, -0.2) is 0 Å². The fourth-order valence-corrected chi connectivity index (χ4v) is 3.65. The van der Waals surface area contributed by atoms with Crippen molar-refractivity contribution in [2.24, 2.45) is 5.92 Å². The fraction of sp³-hybridized carbons (Fsp3) is 0.600. The van der Waals surface area contributed by atoms with Crippen molar-refractivity contribution in [1.29, 1.82) is 0 Å². The largest absolute Gasteiger partial charge is 0.493 e. The van der Waals surface area contributed by atoms with E-state index in [1.54, 1.807) is 0 Å². The first kappa shape index (κ1) is 18.7. The minimum Gasteiger partial charge on any atom is -0.493 e. The highest BCUT2D eigenvalue weighted by atomic mass is 16.5. The number of carbonyl (C=O) groups excluding carboxylic acids is 2. The monoisotopic (exact) mass is 359 g/mol. The van der Waals surface area contributed by atoms with Crippen LogP contribution < -0.4 is 10.1 Å². The third kappa shape index (κ3) is 4.36. The number of carbonyl (C=O) groups is 2. The summed E-state index contributed by atoms with van der Waals surface area (Å²) in [5, 5.41) is 2.80. The van der Waals surface area contributed by atoms with Crippen LogP contribution in [0.2, 0.25) is 0 Å². The van der Waals surface area contributed by atoms with Gasteiger partial charge < -0.3 is 15.0 Å². The molecule has 0 saturated carbocycles. The van der Waals surface area contributed by atoms with E-state index in [1.807, 2.05) is 18.7 Å². The Morgan fingerprint density at radius 1 is 1.19 bits per heavy atom. The second-order valence-corrected chi connectivity index (χ2v) is 7.56. The molecule has 0 radical (unpaired) electrons. The van der Waals surface area contributed by atoms with Crippen molar-refractivity contribution in [2.45, 2.75) is 39.8 Å². The van der Waals surface area contributed by atoms with Crippen molar-refractivity contribution in [3.63, 3.8) is 0 Å². The molecule has 0 spiro atoms. The zero-order valence-electron chi connectivity index (χ0n) is 16.0. The van der Waals surface area contributed by atoms with Gasteiger partial charge in [0.1, 0.15) is 11.8 Å². The number of nitrogens with zero attached hydrogens (tertiary/aromatic N) is 2. The molecule has 1 aromatic rings. The number of nitrogens with one attached hydrogen (secondary N) is 1. The van der Waals surface area contributed by atoms with Crippen LogP contribution in [-0.4, -0.2) is 60.4 Å². The van der Waals surface area contributed by atoms with Gasteiger partial charge in [-0.15, -0.1) is 0 Å². The third-order valence-corrected chi connectivity index (χ3v) is 5.14. The number of rotatable bonds is 5. The van der Waals surface area contributed by atoms with Gasteiger partial charge in [-0.05, 0) is 23.1 Å². The molecule has 6 nitrogen and oxygen atoms in total. The van der Waals surface area contributed by atoms with Crippen LogP contribution in [0.15, 0.2) is 18.2 Å². The summed E-state index contributed by atoms with van der Waals surface area (Å²) in [5.74, 6) is 0.973. The van der Waals surface area contributed by atoms with Crippen LogP contribution in [0.1, 0.15) is 31.9 Å². The molecule has 1 N–H and O–H groups in total. The van der Waals surface area contributed by atoms with E-state index in [0.29, 0.717) is 13.1 Å². The molecule has 0 bridgehead atoms. The van der Waals surface area contributed by atoms with Gasteiger partial charge >= 0.3 is 0 Å². The van der Waals surface area contributed by atoms with Crippen LogP contribution in [-0.2, 0) is 22.6 Å². The maximum atomic E-state index is 12.7. The number of hydrogen-bond donors (Lipinski definition) is 1. The number of benzene rings is 1. The first-order chi connectivity index (χ1) is 12.4. The van der Waals surface area contributed by atoms with Crippen molar-refractivity contribution in [1.82, 2.24) is 15.1 Å². The van der Waals surface area contributed by atoms with E-state index in [-0.39, 0.29) is 17.7 Å². The molecule has 26 heavy (non-hydrogen) atoms. The van der Waals surface area contributed by atoms with Gasteiger partial charge in [0, 0.05) is 46.1 Å². The summed E-state index contributed by atoms with van der Waals surface area (Å²) in [6, 6.07) is 6.01. The lowest BCUT2D eigenvalue weighted by atomic mass is 10.0. The molecule has 2 aliphatic rings. The second kappa shape index (κ2) is 8.08. The van der Waals surface area contributed by atoms with Crippen LogP contribution in [0.25, 0.3) is 0 Å². The molecule has 1 atom stereocenters. The summed E-state index contributed by atoms with van der Waals surface area (Å²) in [5.41, 5.74) is 2.60. The van der Waals surface area contributed by atoms with E-state index in [2.05, 4.69) is 28.4 Å². The van der Waals surface area contributed by atoms with Crippen LogP contribution in [0.5, 0.6) is 5.75 Å². The van der Waals surface area contributed by atoms with Gasteiger partial charge in [-0.3, -0.25) is 14.5 Å². The predicted molar refractivity (Wildman–Crippen MR) is 99.9 cm³/mol. The van der Waals surface area contributed by atoms with Crippen LogP contribution in [0, 0.1) is 5.92 Å². The topological polar surface area (TPSA) is 61.9 Å². The fourth-order valence-electron chi connectivity index (χ4n) is 3.65. The normalized spacial score (nSPS) is 18.4. The predicted octanol–water partition coefficient (Wildman–Crippen LogP) is 1.43. The molecule has 2 amide bonds. The highest BCUT2D eigenvalue weighted by Crippen LogP contribution is 2.26. The quantitative estimate of drug-likeness (QED) is 0.864. The molecule has 0 aromatic heterocycles. The number of amides is 2. The molecule has 3 rings (SSSR count). The molecule has 2 aliphatic heterocycles. The summed E-state index contributed by atoms with van der Waals surface area (Å²) < 4.78 is 5.57. The van der Waals surface area contributed by atoms with Crippen molar-refractivity contribution in [2.75, 3.05) is 32.8 Å². The van der Waals surface area contributed by atoms with Gasteiger partial charge in [-0.1, -0.05) is 26.0 Å². The van der Waals surface area contributed by atoms with E-state index in [1.165, 1.54) is 18.1 Å². The van der Waals surface area contributed by atoms with E-state index in [9.17, 15) is 9.59 Å². The van der Waals surface area contributed by atoms with E-state index >= 15 is 0 Å². The molecule has 1 aromatic carbocycles. The molecule has 0 unspecified atom stereocenters. The molecule has 1 fully saturated rings. The number of hydrogen-bond acceptors (Lipinski definition) is 4. The first-order valence-electron chi connectivity index (χ1n) is 9.47. The summed E-state index contributed by atoms with van der Waals surface area (Å²) in [7, 11) is 0. The zero-order chi connectivity index (χ0) is 18.7. The smallest absolute Gasteiger partial charge is 0.245 e. The lowest BCUT2D eigenvalue weighted by Crippen LogP contribution is -2.56. The third-order valence-electron chi connectivity index (χ3n) is 5.14. The minimum absolute atomic E-state index is 0.0320. The van der Waals surface area contributed by atoms with Crippen LogP contribution in [0.3, 0.4) is 0 Å². The van der Waals surface area contributed by atoms with Crippen LogP contribution >= 0.6 is 0 Å². The molecular weight excluding hydrogens is 330 g/mol. The average Bonchev–Trinajstić information content (AvgIpc) is 3.07. The molecule has 142 valence electrons. The summed E-state index contributed by atoms with van der Waals surface area (Å²) in [6.07, 6.45) is 0.991. The van der Waals surface area contributed by atoms with Crippen molar-refractivity contribution in [3.05, 3.63) is 29.3 Å². The molecule has 2 heterocycles. The molecule has 1 saturated heterocycles. The summed E-state index contributed by atoms with van der Waals surface area (Å²) in [6.45, 7) is 10.2. The maximum absolute atomic E-state index is 12.7. The average molecular weight is 359 g/mol. The van der Waals surface area contributed by atoms with Gasteiger partial charge in [0.25, 0.3) is 0 Å². The Morgan fingerprint density at radius 2 is 1.92 bits per heavy atom. The SMILES string of the molecule is CC(=O)N[C@H](C(=O)N1CCN(Cc2ccc3c(c2)CCO3)CC1)C(C)C. The Hall–Kier alpha value is -2.08. The van der Waals surface area contributed by atoms with Gasteiger partial charge in [-0.2, -0.15) is 0 Å². The first-order valence-corrected chi connectivity index (χ1v) is 9.47.